The summed E-state index contributed by atoms with van der Waals surface area (Å²) in [5, 5.41) is 4.48. The molecule has 0 spiro atoms. The topological polar surface area (TPSA) is 60.6 Å². The maximum absolute atomic E-state index is 12.5. The van der Waals surface area contributed by atoms with Crippen molar-refractivity contribution in [1.29, 1.82) is 0 Å². The fourth-order valence-corrected chi connectivity index (χ4v) is 5.02. The number of likely N-dealkylation sites (tertiary alicyclic amines) is 1. The molecule has 1 amide bonds. The van der Waals surface area contributed by atoms with E-state index in [2.05, 4.69) is 57.5 Å². The van der Waals surface area contributed by atoms with Crippen LogP contribution >= 0.6 is 0 Å². The first kappa shape index (κ1) is 21.3. The second-order valence-electron chi connectivity index (χ2n) is 8.82. The number of hydrogen-bond acceptors (Lipinski definition) is 4. The second kappa shape index (κ2) is 10.4. The van der Waals surface area contributed by atoms with Gasteiger partial charge in [0.2, 0.25) is 5.91 Å². The maximum Gasteiger partial charge on any atom is 0.220 e. The van der Waals surface area contributed by atoms with Crippen LogP contribution in [-0.2, 0) is 16.1 Å². The first-order chi connectivity index (χ1) is 14.7. The number of amides is 1. The van der Waals surface area contributed by atoms with Gasteiger partial charge in [0.05, 0.1) is 13.2 Å². The number of ether oxygens (including phenoxy) is 1. The zero-order chi connectivity index (χ0) is 20.8. The van der Waals surface area contributed by atoms with Gasteiger partial charge in [0.1, 0.15) is 0 Å². The van der Waals surface area contributed by atoms with Crippen LogP contribution in [0.2, 0.25) is 0 Å². The second-order valence-corrected chi connectivity index (χ2v) is 8.82. The van der Waals surface area contributed by atoms with Gasteiger partial charge in [-0.2, -0.15) is 0 Å². The van der Waals surface area contributed by atoms with Gasteiger partial charge in [-0.1, -0.05) is 31.5 Å². The van der Waals surface area contributed by atoms with Crippen molar-refractivity contribution in [3.05, 3.63) is 36.0 Å². The average Bonchev–Trinajstić information content (AvgIpc) is 3.18. The zero-order valence-corrected chi connectivity index (χ0v) is 18.2. The number of carbonyl (C=O) groups excluding carboxylic acids is 1. The minimum Gasteiger partial charge on any atom is -0.379 e. The lowest BCUT2D eigenvalue weighted by atomic mass is 9.81. The van der Waals surface area contributed by atoms with E-state index in [1.165, 1.54) is 16.5 Å². The van der Waals surface area contributed by atoms with Crippen molar-refractivity contribution in [2.75, 3.05) is 52.5 Å². The summed E-state index contributed by atoms with van der Waals surface area (Å²) in [6, 6.07) is 8.52. The fourth-order valence-electron chi connectivity index (χ4n) is 5.02. The molecule has 6 nitrogen and oxygen atoms in total. The number of piperidine rings is 1. The van der Waals surface area contributed by atoms with Crippen LogP contribution in [0.3, 0.4) is 0 Å². The molecule has 2 aromatic rings. The number of aromatic nitrogens is 1. The van der Waals surface area contributed by atoms with Crippen LogP contribution in [0.25, 0.3) is 10.9 Å². The molecule has 4 rings (SSSR count). The van der Waals surface area contributed by atoms with Gasteiger partial charge in [0, 0.05) is 62.8 Å². The number of benzene rings is 1. The Bertz CT molecular complexity index is 814. The number of morpholine rings is 1. The smallest absolute Gasteiger partial charge is 0.220 e. The van der Waals surface area contributed by atoms with Gasteiger partial charge in [-0.25, -0.2) is 0 Å². The molecule has 2 N–H and O–H groups in total. The summed E-state index contributed by atoms with van der Waals surface area (Å²) in [6.07, 6.45) is 5.07. The number of hydrogen-bond donors (Lipinski definition) is 2. The maximum atomic E-state index is 12.5. The molecular weight excluding hydrogens is 376 g/mol. The molecule has 1 aromatic carbocycles. The van der Waals surface area contributed by atoms with Crippen molar-refractivity contribution in [3.63, 3.8) is 0 Å². The van der Waals surface area contributed by atoms with Crippen molar-refractivity contribution in [2.24, 2.45) is 11.8 Å². The monoisotopic (exact) mass is 412 g/mol. The predicted octanol–water partition coefficient (Wildman–Crippen LogP) is 2.85. The van der Waals surface area contributed by atoms with E-state index >= 15 is 0 Å². The third-order valence-corrected chi connectivity index (χ3v) is 6.87. The third kappa shape index (κ3) is 5.42. The van der Waals surface area contributed by atoms with Crippen molar-refractivity contribution in [3.8, 4) is 0 Å². The molecule has 0 saturated carbocycles. The van der Waals surface area contributed by atoms with E-state index in [9.17, 15) is 4.79 Å². The Hall–Kier alpha value is -1.89. The Morgan fingerprint density at radius 3 is 2.83 bits per heavy atom. The summed E-state index contributed by atoms with van der Waals surface area (Å²) >= 11 is 0. The van der Waals surface area contributed by atoms with Gasteiger partial charge in [-0.3, -0.25) is 14.6 Å². The number of H-pyrrole nitrogens is 1. The van der Waals surface area contributed by atoms with Crippen LogP contribution in [0.15, 0.2) is 30.5 Å². The van der Waals surface area contributed by atoms with Crippen LogP contribution in [0.5, 0.6) is 0 Å². The number of rotatable bonds is 8. The molecule has 2 atom stereocenters. The Morgan fingerprint density at radius 1 is 1.17 bits per heavy atom. The summed E-state index contributed by atoms with van der Waals surface area (Å²) in [4.78, 5) is 20.8. The number of nitrogens with one attached hydrogen (secondary N) is 2. The SMILES string of the molecule is CC[C@H]1CN(Cc2c[nH]c3ccccc23)CC[C@H]1CC(=O)NCCN1CCOCC1. The fraction of sp³-hybridized carbons (Fsp3) is 0.625. The van der Waals surface area contributed by atoms with E-state index in [4.69, 9.17) is 4.74 Å². The van der Waals surface area contributed by atoms with Crippen LogP contribution in [0.1, 0.15) is 31.7 Å². The molecule has 30 heavy (non-hydrogen) atoms. The number of aromatic amines is 1. The molecule has 164 valence electrons. The molecular formula is C24H36N4O2. The zero-order valence-electron chi connectivity index (χ0n) is 18.2. The number of para-hydroxylation sites is 1. The predicted molar refractivity (Wildman–Crippen MR) is 120 cm³/mol. The quantitative estimate of drug-likeness (QED) is 0.700. The van der Waals surface area contributed by atoms with Crippen LogP contribution in [0.4, 0.5) is 0 Å². The van der Waals surface area contributed by atoms with Crippen LogP contribution in [0, 0.1) is 11.8 Å². The Labute approximate surface area is 179 Å². The molecule has 2 aliphatic heterocycles. The van der Waals surface area contributed by atoms with E-state index in [1.807, 2.05) is 0 Å². The lowest BCUT2D eigenvalue weighted by molar-refractivity contribution is -0.123. The molecule has 0 radical (unpaired) electrons. The average molecular weight is 413 g/mol. The molecule has 6 heteroatoms. The minimum absolute atomic E-state index is 0.219. The molecule has 0 aliphatic carbocycles. The molecule has 0 unspecified atom stereocenters. The number of nitrogens with zero attached hydrogens (tertiary/aromatic N) is 2. The van der Waals surface area contributed by atoms with Crippen molar-refractivity contribution >= 4 is 16.8 Å². The summed E-state index contributed by atoms with van der Waals surface area (Å²) in [7, 11) is 0. The van der Waals surface area contributed by atoms with Gasteiger partial charge in [0.15, 0.2) is 0 Å². The summed E-state index contributed by atoms with van der Waals surface area (Å²) in [5.74, 6) is 1.31. The Balaban J connectivity index is 1.23. The standard InChI is InChI=1S/C24H36N4O2/c1-2-19-17-28(18-21-16-26-23-6-4-3-5-22(21)23)9-7-20(19)15-24(29)25-8-10-27-11-13-30-14-12-27/h3-6,16,19-20,26H,2,7-15,17-18H2,1H3,(H,25,29)/t19-,20-/m0/s1. The van der Waals surface area contributed by atoms with E-state index in [-0.39, 0.29) is 5.91 Å². The third-order valence-electron chi connectivity index (χ3n) is 6.87. The van der Waals surface area contributed by atoms with Gasteiger partial charge in [-0.05, 0) is 36.4 Å². The lowest BCUT2D eigenvalue weighted by Gasteiger charge is -2.38. The Morgan fingerprint density at radius 2 is 2.00 bits per heavy atom. The van der Waals surface area contributed by atoms with Crippen molar-refractivity contribution in [1.82, 2.24) is 20.1 Å². The van der Waals surface area contributed by atoms with Gasteiger partial charge >= 0.3 is 0 Å². The van der Waals surface area contributed by atoms with Gasteiger partial charge < -0.3 is 15.0 Å². The molecule has 2 fully saturated rings. The number of fused-ring (bicyclic) bond motifs is 1. The highest BCUT2D eigenvalue weighted by Gasteiger charge is 2.29. The molecule has 1 aromatic heterocycles. The minimum atomic E-state index is 0.219. The summed E-state index contributed by atoms with van der Waals surface area (Å²) < 4.78 is 5.38. The largest absolute Gasteiger partial charge is 0.379 e. The molecule has 2 aliphatic rings. The highest BCUT2D eigenvalue weighted by Crippen LogP contribution is 2.30. The molecule has 2 saturated heterocycles. The van der Waals surface area contributed by atoms with Crippen LogP contribution in [-0.4, -0.2) is 73.2 Å². The highest BCUT2D eigenvalue weighted by molar-refractivity contribution is 5.83. The summed E-state index contributed by atoms with van der Waals surface area (Å²) in [6.45, 7) is 10.6. The van der Waals surface area contributed by atoms with Crippen molar-refractivity contribution in [2.45, 2.75) is 32.7 Å². The Kier molecular flexibility index (Phi) is 7.42. The van der Waals surface area contributed by atoms with Crippen molar-refractivity contribution < 1.29 is 9.53 Å². The summed E-state index contributed by atoms with van der Waals surface area (Å²) in [5.41, 5.74) is 2.59. The van der Waals surface area contributed by atoms with E-state index in [0.29, 0.717) is 18.3 Å². The van der Waals surface area contributed by atoms with E-state index in [0.717, 1.165) is 71.9 Å². The first-order valence-corrected chi connectivity index (χ1v) is 11.6. The van der Waals surface area contributed by atoms with Crippen LogP contribution < -0.4 is 5.32 Å². The molecule has 3 heterocycles. The lowest BCUT2D eigenvalue weighted by Crippen LogP contribution is -2.43. The normalized spacial score (nSPS) is 23.6. The van der Waals surface area contributed by atoms with Gasteiger partial charge in [-0.15, -0.1) is 0 Å². The van der Waals surface area contributed by atoms with Gasteiger partial charge in [0.25, 0.3) is 0 Å². The van der Waals surface area contributed by atoms with E-state index < -0.39 is 0 Å². The van der Waals surface area contributed by atoms with E-state index in [1.54, 1.807) is 0 Å². The number of carbonyl (C=O) groups is 1. The molecule has 0 bridgehead atoms. The first-order valence-electron chi connectivity index (χ1n) is 11.6. The highest BCUT2D eigenvalue weighted by atomic mass is 16.5.